The predicted molar refractivity (Wildman–Crippen MR) is 74.3 cm³/mol. The first-order chi connectivity index (χ1) is 10.8. The van der Waals surface area contributed by atoms with Crippen molar-refractivity contribution >= 4 is 23.4 Å². The van der Waals surface area contributed by atoms with Gasteiger partial charge in [-0.05, 0) is 12.1 Å². The third-order valence-corrected chi connectivity index (χ3v) is 2.71. The summed E-state index contributed by atoms with van der Waals surface area (Å²) in [4.78, 5) is 18.6. The van der Waals surface area contributed by atoms with E-state index in [0.717, 1.165) is 0 Å². The van der Waals surface area contributed by atoms with Crippen LogP contribution in [-0.2, 0) is 6.18 Å². The molecule has 1 aromatic heterocycles. The standard InChI is InChI=1S/C13H9F3N6O/c14-13(15,16)8-5-19-12(18)22-10(8)21-9-4-2-1-3-7(9)11(23)20-6-17/h1-5H,(H,20,23)(H3,18,19,21,22). The predicted octanol–water partition coefficient (Wildman–Crippen LogP) is 2.03. The zero-order chi connectivity index (χ0) is 17.0. The minimum Gasteiger partial charge on any atom is -0.368 e. The molecule has 0 aliphatic carbocycles. The van der Waals surface area contributed by atoms with Crippen molar-refractivity contribution in [3.05, 3.63) is 41.6 Å². The van der Waals surface area contributed by atoms with Crippen molar-refractivity contribution in [2.24, 2.45) is 0 Å². The van der Waals surface area contributed by atoms with E-state index in [2.05, 4.69) is 15.3 Å². The first-order valence-electron chi connectivity index (χ1n) is 6.08. The Morgan fingerprint density at radius 3 is 2.65 bits per heavy atom. The maximum absolute atomic E-state index is 13.0. The molecule has 1 heterocycles. The molecule has 0 saturated carbocycles. The fourth-order valence-electron chi connectivity index (χ4n) is 1.73. The van der Waals surface area contributed by atoms with E-state index < -0.39 is 23.5 Å². The Hall–Kier alpha value is -3.35. The fourth-order valence-corrected chi connectivity index (χ4v) is 1.73. The van der Waals surface area contributed by atoms with Crippen LogP contribution in [0.5, 0.6) is 0 Å². The number of halogens is 3. The number of alkyl halides is 3. The lowest BCUT2D eigenvalue weighted by Crippen LogP contribution is -2.19. The van der Waals surface area contributed by atoms with Gasteiger partial charge in [0.25, 0.3) is 5.91 Å². The van der Waals surface area contributed by atoms with Crippen LogP contribution in [0.4, 0.5) is 30.6 Å². The molecule has 118 valence electrons. The second-order valence-corrected chi connectivity index (χ2v) is 4.22. The zero-order valence-corrected chi connectivity index (χ0v) is 11.3. The molecule has 1 aromatic carbocycles. The Balaban J connectivity index is 2.47. The molecule has 0 bridgehead atoms. The summed E-state index contributed by atoms with van der Waals surface area (Å²) in [7, 11) is 0. The topological polar surface area (TPSA) is 117 Å². The van der Waals surface area contributed by atoms with Crippen molar-refractivity contribution in [2.45, 2.75) is 6.18 Å². The van der Waals surface area contributed by atoms with Crippen molar-refractivity contribution in [3.8, 4) is 6.19 Å². The van der Waals surface area contributed by atoms with Crippen molar-refractivity contribution < 1.29 is 18.0 Å². The number of nitriles is 1. The van der Waals surface area contributed by atoms with E-state index in [9.17, 15) is 18.0 Å². The second-order valence-electron chi connectivity index (χ2n) is 4.22. The zero-order valence-electron chi connectivity index (χ0n) is 11.3. The van der Waals surface area contributed by atoms with Crippen LogP contribution in [0.3, 0.4) is 0 Å². The quantitative estimate of drug-likeness (QED) is 0.588. The highest BCUT2D eigenvalue weighted by Gasteiger charge is 2.35. The lowest BCUT2D eigenvalue weighted by Gasteiger charge is -2.15. The van der Waals surface area contributed by atoms with Crippen LogP contribution in [0.1, 0.15) is 15.9 Å². The van der Waals surface area contributed by atoms with Gasteiger partial charge >= 0.3 is 6.18 Å². The van der Waals surface area contributed by atoms with Crippen LogP contribution in [0.2, 0.25) is 0 Å². The molecule has 0 radical (unpaired) electrons. The number of anilines is 3. The fraction of sp³-hybridized carbons (Fsp3) is 0.0769. The Morgan fingerprint density at radius 1 is 1.30 bits per heavy atom. The van der Waals surface area contributed by atoms with Crippen LogP contribution >= 0.6 is 0 Å². The van der Waals surface area contributed by atoms with Gasteiger partial charge in [0.15, 0.2) is 6.19 Å². The van der Waals surface area contributed by atoms with Crippen molar-refractivity contribution in [1.82, 2.24) is 15.3 Å². The molecular weight excluding hydrogens is 313 g/mol. The Bertz CT molecular complexity index is 784. The average molecular weight is 322 g/mol. The van der Waals surface area contributed by atoms with Gasteiger partial charge in [-0.2, -0.15) is 23.4 Å². The Kier molecular flexibility index (Phi) is 4.31. The molecule has 0 aliphatic heterocycles. The maximum Gasteiger partial charge on any atom is 0.421 e. The lowest BCUT2D eigenvalue weighted by molar-refractivity contribution is -0.137. The van der Waals surface area contributed by atoms with E-state index in [0.29, 0.717) is 6.20 Å². The summed E-state index contributed by atoms with van der Waals surface area (Å²) in [6.45, 7) is 0. The normalized spacial score (nSPS) is 10.7. The number of hydrogen-bond acceptors (Lipinski definition) is 6. The van der Waals surface area contributed by atoms with Gasteiger partial charge in [0.05, 0.1) is 11.3 Å². The molecule has 0 aliphatic rings. The number of nitrogen functional groups attached to an aromatic ring is 1. The average Bonchev–Trinajstić information content (AvgIpc) is 2.46. The molecule has 4 N–H and O–H groups in total. The van der Waals surface area contributed by atoms with Gasteiger partial charge in [0.2, 0.25) is 5.95 Å². The largest absolute Gasteiger partial charge is 0.421 e. The summed E-state index contributed by atoms with van der Waals surface area (Å²) < 4.78 is 38.9. The summed E-state index contributed by atoms with van der Waals surface area (Å²) in [6, 6.07) is 5.71. The summed E-state index contributed by atoms with van der Waals surface area (Å²) >= 11 is 0. The van der Waals surface area contributed by atoms with Gasteiger partial charge in [-0.1, -0.05) is 12.1 Å². The Morgan fingerprint density at radius 2 is 2.00 bits per heavy atom. The van der Waals surface area contributed by atoms with Crippen LogP contribution in [-0.4, -0.2) is 15.9 Å². The molecule has 0 atom stereocenters. The minimum absolute atomic E-state index is 0.0284. The molecule has 0 saturated heterocycles. The summed E-state index contributed by atoms with van der Waals surface area (Å²) in [6.07, 6.45) is -2.72. The Labute approximate surface area is 128 Å². The van der Waals surface area contributed by atoms with E-state index in [1.165, 1.54) is 30.5 Å². The molecular formula is C13H9F3N6O. The third-order valence-electron chi connectivity index (χ3n) is 2.71. The number of benzene rings is 1. The van der Waals surface area contributed by atoms with Crippen LogP contribution in [0.25, 0.3) is 0 Å². The number of nitrogens with zero attached hydrogens (tertiary/aromatic N) is 3. The smallest absolute Gasteiger partial charge is 0.368 e. The van der Waals surface area contributed by atoms with Gasteiger partial charge in [-0.25, -0.2) is 4.98 Å². The number of aromatic nitrogens is 2. The van der Waals surface area contributed by atoms with Gasteiger partial charge < -0.3 is 11.1 Å². The molecule has 23 heavy (non-hydrogen) atoms. The molecule has 7 nitrogen and oxygen atoms in total. The third kappa shape index (κ3) is 3.65. The summed E-state index contributed by atoms with van der Waals surface area (Å²) in [5.74, 6) is -1.73. The van der Waals surface area contributed by atoms with Crippen molar-refractivity contribution in [2.75, 3.05) is 11.1 Å². The van der Waals surface area contributed by atoms with Gasteiger partial charge in [-0.15, -0.1) is 0 Å². The first-order valence-corrected chi connectivity index (χ1v) is 6.08. The molecule has 2 aromatic rings. The van der Waals surface area contributed by atoms with Gasteiger partial charge in [-0.3, -0.25) is 10.1 Å². The van der Waals surface area contributed by atoms with E-state index in [1.807, 2.05) is 5.32 Å². The number of nitrogens with two attached hydrogens (primary N) is 1. The van der Waals surface area contributed by atoms with E-state index >= 15 is 0 Å². The summed E-state index contributed by atoms with van der Waals surface area (Å²) in [5.41, 5.74) is 4.18. The van der Waals surface area contributed by atoms with Crippen LogP contribution < -0.4 is 16.4 Å². The number of rotatable bonds is 3. The van der Waals surface area contributed by atoms with Gasteiger partial charge in [0.1, 0.15) is 11.4 Å². The first kappa shape index (κ1) is 16.0. The van der Waals surface area contributed by atoms with E-state index in [-0.39, 0.29) is 17.2 Å². The van der Waals surface area contributed by atoms with Crippen molar-refractivity contribution in [3.63, 3.8) is 0 Å². The highest BCUT2D eigenvalue weighted by atomic mass is 19.4. The molecule has 0 unspecified atom stereocenters. The van der Waals surface area contributed by atoms with E-state index in [4.69, 9.17) is 11.0 Å². The lowest BCUT2D eigenvalue weighted by atomic mass is 10.1. The molecule has 10 heteroatoms. The van der Waals surface area contributed by atoms with E-state index in [1.54, 1.807) is 0 Å². The highest BCUT2D eigenvalue weighted by molar-refractivity contribution is 6.01. The number of carbonyl (C=O) groups is 1. The number of carbonyl (C=O) groups excluding carboxylic acids is 1. The highest BCUT2D eigenvalue weighted by Crippen LogP contribution is 2.35. The summed E-state index contributed by atoms with van der Waals surface area (Å²) in [5, 5.41) is 12.8. The molecule has 1 amide bonds. The number of amides is 1. The molecule has 2 rings (SSSR count). The number of hydrogen-bond donors (Lipinski definition) is 3. The number of nitrogens with one attached hydrogen (secondary N) is 2. The molecule has 0 fully saturated rings. The van der Waals surface area contributed by atoms with Crippen molar-refractivity contribution in [1.29, 1.82) is 5.26 Å². The van der Waals surface area contributed by atoms with Gasteiger partial charge in [0, 0.05) is 6.20 Å². The monoisotopic (exact) mass is 322 g/mol. The SMILES string of the molecule is N#CNC(=O)c1ccccc1Nc1nc(N)ncc1C(F)(F)F. The second kappa shape index (κ2) is 6.18. The van der Waals surface area contributed by atoms with Crippen LogP contribution in [0, 0.1) is 11.5 Å². The molecule has 0 spiro atoms. The van der Waals surface area contributed by atoms with Crippen LogP contribution in [0.15, 0.2) is 30.5 Å². The number of para-hydroxylation sites is 1. The minimum atomic E-state index is -4.71. The maximum atomic E-state index is 13.0.